The number of amidine groups is 1. The summed E-state index contributed by atoms with van der Waals surface area (Å²) in [6.45, 7) is 15.9. The van der Waals surface area contributed by atoms with E-state index < -0.39 is 0 Å². The van der Waals surface area contributed by atoms with E-state index in [1.54, 1.807) is 6.08 Å². The number of allylic oxidation sites excluding steroid dienone is 3. The minimum Gasteiger partial charge on any atom is -0.336 e. The fraction of sp³-hybridized carbons (Fsp3) is 0.533. The highest BCUT2D eigenvalue weighted by Crippen LogP contribution is 2.41. The number of aldehydes is 1. The second-order valence-corrected chi connectivity index (χ2v) is 9.33. The Hall–Kier alpha value is -2.50. The number of unbranched alkanes of at least 4 members (excludes halogenated alkanes) is 1. The molecule has 5 nitrogen and oxygen atoms in total. The third kappa shape index (κ3) is 13.2. The molecular formula is C30H48N4O. The van der Waals surface area contributed by atoms with Crippen LogP contribution in [0.3, 0.4) is 0 Å². The maximum atomic E-state index is 10.7. The Morgan fingerprint density at radius 1 is 1.26 bits per heavy atom. The maximum Gasteiger partial charge on any atom is 0.150 e. The number of hydrogen-bond donors (Lipinski definition) is 2. The molecule has 0 bridgehead atoms. The van der Waals surface area contributed by atoms with Crippen LogP contribution in [0.4, 0.5) is 0 Å². The van der Waals surface area contributed by atoms with E-state index >= 15 is 0 Å². The number of nitrogens with one attached hydrogen (secondary N) is 2. The number of carbonyl (C=O) groups is 1. The molecular weight excluding hydrogens is 432 g/mol. The van der Waals surface area contributed by atoms with Crippen molar-refractivity contribution >= 4 is 12.1 Å². The summed E-state index contributed by atoms with van der Waals surface area (Å²) >= 11 is 0. The smallest absolute Gasteiger partial charge is 0.150 e. The van der Waals surface area contributed by atoms with Gasteiger partial charge in [0.05, 0.1) is 0 Å². The van der Waals surface area contributed by atoms with Crippen LogP contribution in [0.1, 0.15) is 81.1 Å². The Morgan fingerprint density at radius 2 is 1.97 bits per heavy atom. The highest BCUT2D eigenvalue weighted by Gasteiger charge is 2.38. The Morgan fingerprint density at radius 3 is 2.51 bits per heavy atom. The van der Waals surface area contributed by atoms with Crippen molar-refractivity contribution in [3.8, 4) is 0 Å². The molecule has 2 aliphatic carbocycles. The summed E-state index contributed by atoms with van der Waals surface area (Å²) in [4.78, 5) is 17.3. The average Bonchev–Trinajstić information content (AvgIpc) is 3.77. The fourth-order valence-electron chi connectivity index (χ4n) is 3.64. The molecule has 2 aliphatic rings. The van der Waals surface area contributed by atoms with Gasteiger partial charge in [0.15, 0.2) is 0 Å². The molecule has 2 fully saturated rings. The summed E-state index contributed by atoms with van der Waals surface area (Å²) in [6, 6.07) is 8.66. The number of carbonyl (C=O) groups excluding carboxylic acids is 1. The molecule has 0 amide bonds. The number of hydrogen-bond acceptors (Lipinski definition) is 4. The van der Waals surface area contributed by atoms with Crippen LogP contribution in [0.2, 0.25) is 0 Å². The fourth-order valence-corrected chi connectivity index (χ4v) is 3.64. The van der Waals surface area contributed by atoms with Crippen LogP contribution < -0.4 is 10.6 Å². The van der Waals surface area contributed by atoms with Gasteiger partial charge in [-0.2, -0.15) is 0 Å². The van der Waals surface area contributed by atoms with Crippen LogP contribution in [-0.2, 0) is 0 Å². The van der Waals surface area contributed by atoms with Crippen LogP contribution in [0.15, 0.2) is 66.5 Å². The van der Waals surface area contributed by atoms with Gasteiger partial charge in [-0.25, -0.2) is 4.99 Å². The third-order valence-electron chi connectivity index (χ3n) is 5.75. The lowest BCUT2D eigenvalue weighted by atomic mass is 10.1. The molecule has 194 valence electrons. The molecule has 0 heterocycles. The van der Waals surface area contributed by atoms with Gasteiger partial charge in [0.2, 0.25) is 0 Å². The monoisotopic (exact) mass is 480 g/mol. The van der Waals surface area contributed by atoms with E-state index in [9.17, 15) is 4.79 Å². The first kappa shape index (κ1) is 30.5. The third-order valence-corrected chi connectivity index (χ3v) is 5.75. The van der Waals surface area contributed by atoms with Crippen LogP contribution in [-0.4, -0.2) is 50.2 Å². The van der Waals surface area contributed by atoms with E-state index in [-0.39, 0.29) is 0 Å². The summed E-state index contributed by atoms with van der Waals surface area (Å²) < 4.78 is 0. The highest BCUT2D eigenvalue weighted by molar-refractivity contribution is 5.83. The molecule has 2 saturated carbocycles. The van der Waals surface area contributed by atoms with E-state index in [1.807, 2.05) is 51.5 Å². The average molecular weight is 481 g/mol. The zero-order valence-corrected chi connectivity index (χ0v) is 22.7. The second kappa shape index (κ2) is 17.9. The summed E-state index contributed by atoms with van der Waals surface area (Å²) in [5, 5.41) is 6.37. The van der Waals surface area contributed by atoms with Crippen molar-refractivity contribution in [3.05, 3.63) is 72.6 Å². The summed E-state index contributed by atoms with van der Waals surface area (Å²) in [7, 11) is 3.75. The molecule has 0 radical (unpaired) electrons. The van der Waals surface area contributed by atoms with E-state index in [0.29, 0.717) is 12.0 Å². The largest absolute Gasteiger partial charge is 0.336 e. The molecule has 0 saturated heterocycles. The zero-order valence-electron chi connectivity index (χ0n) is 22.7. The lowest BCUT2D eigenvalue weighted by Crippen LogP contribution is -2.26. The molecule has 0 spiro atoms. The Labute approximate surface area is 214 Å². The molecule has 2 N–H and O–H groups in total. The quantitative estimate of drug-likeness (QED) is 0.159. The standard InChI is InChI=1S/C14H24N2.C14H17NO.C2H7N/c1-6-9-11-16(12-10-7-2)14(8-3)15-13(4)5;16-9-11-2-1-3-12(6-11)13-7-14(13)15-8-10-4-5-10;1-3-2/h6,9,11H,1,4,7-8,10,12H2,2-3,5H3;1-3,6,9-10,13-15H,4-5,7-8H2;3H,1-2H3/b11-9+,15-14?;;. The van der Waals surface area contributed by atoms with E-state index in [2.05, 4.69) is 53.6 Å². The summed E-state index contributed by atoms with van der Waals surface area (Å²) in [5.41, 5.74) is 2.97. The predicted octanol–water partition coefficient (Wildman–Crippen LogP) is 6.32. The first-order chi connectivity index (χ1) is 16.9. The number of rotatable bonds is 12. The molecule has 0 aliphatic heterocycles. The van der Waals surface area contributed by atoms with Crippen molar-refractivity contribution in [1.82, 2.24) is 15.5 Å². The SMILES string of the molecule is C=C/C=C/N(CCCC)C(CC)=NC(=C)C.CNC.O=Cc1cccc(C2CC2NCC2CC2)c1. The molecule has 5 heteroatoms. The van der Waals surface area contributed by atoms with Gasteiger partial charge in [-0.15, -0.1) is 0 Å². The second-order valence-electron chi connectivity index (χ2n) is 9.33. The molecule has 3 rings (SSSR count). The maximum absolute atomic E-state index is 10.7. The molecule has 35 heavy (non-hydrogen) atoms. The Balaban J connectivity index is 0.000000315. The molecule has 0 aromatic heterocycles. The van der Waals surface area contributed by atoms with Crippen molar-refractivity contribution in [1.29, 1.82) is 0 Å². The van der Waals surface area contributed by atoms with Crippen molar-refractivity contribution < 1.29 is 4.79 Å². The number of nitrogens with zero attached hydrogens (tertiary/aromatic N) is 2. The highest BCUT2D eigenvalue weighted by atomic mass is 16.1. The zero-order chi connectivity index (χ0) is 26.1. The summed E-state index contributed by atoms with van der Waals surface area (Å²) in [5.74, 6) is 2.65. The number of benzene rings is 1. The first-order valence-electron chi connectivity index (χ1n) is 13.1. The molecule has 2 unspecified atom stereocenters. The first-order valence-corrected chi connectivity index (χ1v) is 13.1. The number of aliphatic imine (C=N–C) groups is 1. The van der Waals surface area contributed by atoms with Gasteiger partial charge in [0, 0.05) is 42.4 Å². The van der Waals surface area contributed by atoms with Crippen molar-refractivity contribution in [2.45, 2.75) is 71.3 Å². The van der Waals surface area contributed by atoms with Gasteiger partial charge < -0.3 is 15.5 Å². The molecule has 2 atom stereocenters. The lowest BCUT2D eigenvalue weighted by Gasteiger charge is -2.21. The Kier molecular flexibility index (Phi) is 15.6. The van der Waals surface area contributed by atoms with Gasteiger partial charge in [0.1, 0.15) is 12.1 Å². The van der Waals surface area contributed by atoms with Crippen molar-refractivity contribution in [3.63, 3.8) is 0 Å². The van der Waals surface area contributed by atoms with Crippen LogP contribution in [0, 0.1) is 5.92 Å². The van der Waals surface area contributed by atoms with Gasteiger partial charge in [-0.1, -0.05) is 57.7 Å². The van der Waals surface area contributed by atoms with E-state index in [1.165, 1.54) is 37.8 Å². The van der Waals surface area contributed by atoms with Crippen LogP contribution >= 0.6 is 0 Å². The van der Waals surface area contributed by atoms with Gasteiger partial charge in [-0.05, 0) is 76.9 Å². The van der Waals surface area contributed by atoms with Crippen molar-refractivity contribution in [2.75, 3.05) is 27.2 Å². The normalized spacial score (nSPS) is 18.6. The lowest BCUT2D eigenvalue weighted by molar-refractivity contribution is 0.112. The minimum absolute atomic E-state index is 0.638. The summed E-state index contributed by atoms with van der Waals surface area (Å²) in [6.07, 6.45) is 14.0. The van der Waals surface area contributed by atoms with Crippen LogP contribution in [0.5, 0.6) is 0 Å². The minimum atomic E-state index is 0.638. The molecule has 1 aromatic carbocycles. The molecule has 1 aromatic rings. The van der Waals surface area contributed by atoms with E-state index in [0.717, 1.165) is 48.7 Å². The van der Waals surface area contributed by atoms with E-state index in [4.69, 9.17) is 0 Å². The van der Waals surface area contributed by atoms with Crippen molar-refractivity contribution in [2.24, 2.45) is 10.9 Å². The van der Waals surface area contributed by atoms with Crippen LogP contribution in [0.25, 0.3) is 0 Å². The van der Waals surface area contributed by atoms with Gasteiger partial charge in [0.25, 0.3) is 0 Å². The Bertz CT molecular complexity index is 825. The van der Waals surface area contributed by atoms with Gasteiger partial charge >= 0.3 is 0 Å². The predicted molar refractivity (Wildman–Crippen MR) is 152 cm³/mol. The van der Waals surface area contributed by atoms with Gasteiger partial charge in [-0.3, -0.25) is 4.79 Å². The topological polar surface area (TPSA) is 56.7 Å².